The molecule has 1 N–H and O–H groups in total. The van der Waals surface area contributed by atoms with Gasteiger partial charge in [0.25, 0.3) is 0 Å². The molecular weight excluding hydrogens is 741 g/mol. The smallest absolute Gasteiger partial charge is 0.162 e. The Labute approximate surface area is 280 Å². The van der Waals surface area contributed by atoms with Crippen molar-refractivity contribution in [3.8, 4) is 11.3 Å². The summed E-state index contributed by atoms with van der Waals surface area (Å²) in [5.74, 6) is 0.547. The standard InChI is InChI=1S/C25H21N2S.C13H24O2.Ir/c1-15-12-19-23-21(10-7-11-26-23)27-22(24(19)28-15)17-13-16-8-5-6-9-18(16)20(14-17)25(2,3)4;1-5-10(6-2)12(14)9-13(15)11(7-3)8-4;/h5-12,14H,1-4H3;9-11,14H,5-8H2,1-4H3;/q-1;;/b;12-9-;. The zero-order chi connectivity index (χ0) is 31.3. The number of nitrogens with zero attached hydrogens (tertiary/aromatic N) is 2. The van der Waals surface area contributed by atoms with Gasteiger partial charge in [-0.15, -0.1) is 40.5 Å². The Morgan fingerprint density at radius 3 is 2.25 bits per heavy atom. The summed E-state index contributed by atoms with van der Waals surface area (Å²) in [6.45, 7) is 17.0. The number of hydrogen-bond acceptors (Lipinski definition) is 5. The number of allylic oxidation sites excluding steroid dienone is 2. The fourth-order valence-corrected chi connectivity index (χ4v) is 6.69. The molecule has 0 bridgehead atoms. The van der Waals surface area contributed by atoms with Gasteiger partial charge < -0.3 is 5.11 Å². The first-order valence-corrected chi connectivity index (χ1v) is 16.4. The molecule has 0 saturated carbocycles. The number of aromatic nitrogens is 2. The Morgan fingerprint density at radius 2 is 1.61 bits per heavy atom. The van der Waals surface area contributed by atoms with Gasteiger partial charge in [-0.3, -0.25) is 14.8 Å². The third kappa shape index (κ3) is 7.83. The summed E-state index contributed by atoms with van der Waals surface area (Å²) in [5.41, 5.74) is 5.33. The van der Waals surface area contributed by atoms with Crippen LogP contribution in [0.15, 0.2) is 66.6 Å². The van der Waals surface area contributed by atoms with Crippen LogP contribution < -0.4 is 0 Å². The van der Waals surface area contributed by atoms with Crippen LogP contribution in [0.25, 0.3) is 43.1 Å². The molecule has 0 atom stereocenters. The molecule has 3 heterocycles. The summed E-state index contributed by atoms with van der Waals surface area (Å²) in [4.78, 5) is 22.6. The van der Waals surface area contributed by atoms with Crippen molar-refractivity contribution in [2.75, 3.05) is 0 Å². The van der Waals surface area contributed by atoms with Crippen molar-refractivity contribution >= 4 is 49.0 Å². The summed E-state index contributed by atoms with van der Waals surface area (Å²) in [6, 6.07) is 20.7. The van der Waals surface area contributed by atoms with Crippen molar-refractivity contribution in [3.63, 3.8) is 0 Å². The third-order valence-electron chi connectivity index (χ3n) is 8.26. The van der Waals surface area contributed by atoms with Gasteiger partial charge in [0.15, 0.2) is 5.78 Å². The van der Waals surface area contributed by atoms with Crippen molar-refractivity contribution in [2.24, 2.45) is 11.8 Å². The monoisotopic (exact) mass is 786 g/mol. The van der Waals surface area contributed by atoms with E-state index >= 15 is 0 Å². The Hall–Kier alpha value is -2.92. The normalized spacial score (nSPS) is 12.1. The van der Waals surface area contributed by atoms with Crippen LogP contribution in [-0.2, 0) is 30.3 Å². The van der Waals surface area contributed by atoms with Gasteiger partial charge in [0.2, 0.25) is 0 Å². The molecule has 0 fully saturated rings. The molecule has 0 saturated heterocycles. The Kier molecular flexibility index (Phi) is 12.4. The number of pyridine rings is 2. The van der Waals surface area contributed by atoms with Crippen molar-refractivity contribution in [3.05, 3.63) is 83.1 Å². The predicted molar refractivity (Wildman–Crippen MR) is 184 cm³/mol. The molecule has 0 aliphatic rings. The number of benzene rings is 2. The minimum Gasteiger partial charge on any atom is -0.512 e. The van der Waals surface area contributed by atoms with Gasteiger partial charge in [0, 0.05) is 64.9 Å². The van der Waals surface area contributed by atoms with Crippen LogP contribution in [0.1, 0.15) is 84.6 Å². The van der Waals surface area contributed by atoms with Crippen molar-refractivity contribution in [2.45, 2.75) is 86.5 Å². The van der Waals surface area contributed by atoms with Crippen LogP contribution in [-0.4, -0.2) is 20.9 Å². The number of carbonyl (C=O) groups is 1. The molecule has 0 amide bonds. The largest absolute Gasteiger partial charge is 0.512 e. The number of aliphatic hydroxyl groups excluding tert-OH is 1. The number of aryl methyl sites for hydroxylation is 1. The molecule has 0 aliphatic carbocycles. The second kappa shape index (κ2) is 15.4. The van der Waals surface area contributed by atoms with E-state index in [4.69, 9.17) is 4.98 Å². The molecule has 0 unspecified atom stereocenters. The van der Waals surface area contributed by atoms with Gasteiger partial charge in [-0.05, 0) is 56.2 Å². The van der Waals surface area contributed by atoms with E-state index in [0.717, 1.165) is 53.4 Å². The molecular formula is C38H45IrN2O2S-. The molecule has 5 aromatic rings. The first kappa shape index (κ1) is 35.6. The van der Waals surface area contributed by atoms with Gasteiger partial charge in [-0.2, -0.15) is 0 Å². The van der Waals surface area contributed by atoms with Crippen LogP contribution in [0.2, 0.25) is 0 Å². The van der Waals surface area contributed by atoms with Gasteiger partial charge >= 0.3 is 0 Å². The number of carbonyl (C=O) groups excluding carboxylic acids is 1. The van der Waals surface area contributed by atoms with Crippen LogP contribution in [0.3, 0.4) is 0 Å². The first-order chi connectivity index (χ1) is 20.5. The van der Waals surface area contributed by atoms with E-state index in [1.807, 2.05) is 46.0 Å². The average Bonchev–Trinajstić information content (AvgIpc) is 3.39. The van der Waals surface area contributed by atoms with Crippen molar-refractivity contribution in [1.82, 2.24) is 9.97 Å². The second-order valence-electron chi connectivity index (χ2n) is 12.3. The summed E-state index contributed by atoms with van der Waals surface area (Å²) in [6.07, 6.45) is 6.75. The molecule has 1 radical (unpaired) electrons. The molecule has 6 heteroatoms. The van der Waals surface area contributed by atoms with Gasteiger partial charge in [-0.25, -0.2) is 0 Å². The number of rotatable bonds is 8. The van der Waals surface area contributed by atoms with Gasteiger partial charge in [0.1, 0.15) is 0 Å². The molecule has 5 rings (SSSR count). The summed E-state index contributed by atoms with van der Waals surface area (Å²) < 4.78 is 1.19. The first-order valence-electron chi connectivity index (χ1n) is 15.6. The number of aliphatic hydroxyl groups is 1. The van der Waals surface area contributed by atoms with Crippen LogP contribution in [0.4, 0.5) is 0 Å². The van der Waals surface area contributed by atoms with Crippen molar-refractivity contribution < 1.29 is 30.0 Å². The predicted octanol–water partition coefficient (Wildman–Crippen LogP) is 10.9. The van der Waals surface area contributed by atoms with E-state index in [2.05, 4.69) is 75.1 Å². The van der Waals surface area contributed by atoms with E-state index in [1.165, 1.54) is 32.0 Å². The molecule has 44 heavy (non-hydrogen) atoms. The van der Waals surface area contributed by atoms with E-state index < -0.39 is 0 Å². The number of fused-ring (bicyclic) bond motifs is 4. The topological polar surface area (TPSA) is 63.1 Å². The number of ketones is 1. The fraction of sp³-hybridized carbons (Fsp3) is 0.395. The van der Waals surface area contributed by atoms with Crippen LogP contribution >= 0.6 is 11.3 Å². The summed E-state index contributed by atoms with van der Waals surface area (Å²) >= 11 is 1.78. The van der Waals surface area contributed by atoms with Gasteiger partial charge in [-0.1, -0.05) is 77.6 Å². The molecule has 4 nitrogen and oxygen atoms in total. The maximum absolute atomic E-state index is 11.7. The minimum absolute atomic E-state index is 0. The van der Waals surface area contributed by atoms with E-state index in [1.54, 1.807) is 11.3 Å². The maximum Gasteiger partial charge on any atom is 0.162 e. The Morgan fingerprint density at radius 1 is 0.955 bits per heavy atom. The molecule has 3 aromatic heterocycles. The number of thiophene rings is 1. The minimum atomic E-state index is 0. The van der Waals surface area contributed by atoms with Crippen molar-refractivity contribution in [1.29, 1.82) is 0 Å². The van der Waals surface area contributed by atoms with E-state index in [9.17, 15) is 9.90 Å². The molecule has 0 aliphatic heterocycles. The summed E-state index contributed by atoms with van der Waals surface area (Å²) in [7, 11) is 0. The zero-order valence-corrected chi connectivity index (χ0v) is 30.5. The Bertz CT molecular complexity index is 1760. The van der Waals surface area contributed by atoms with Crippen LogP contribution in [0.5, 0.6) is 0 Å². The summed E-state index contributed by atoms with van der Waals surface area (Å²) in [5, 5.41) is 13.3. The number of hydrogen-bond donors (Lipinski definition) is 1. The maximum atomic E-state index is 11.7. The van der Waals surface area contributed by atoms with E-state index in [0.29, 0.717) is 0 Å². The third-order valence-corrected chi connectivity index (χ3v) is 9.32. The van der Waals surface area contributed by atoms with Crippen LogP contribution in [0, 0.1) is 24.8 Å². The van der Waals surface area contributed by atoms with Gasteiger partial charge in [0.05, 0.1) is 16.8 Å². The molecule has 235 valence electrons. The Balaban J connectivity index is 0.000000286. The molecule has 2 aromatic carbocycles. The second-order valence-corrected chi connectivity index (χ2v) is 13.6. The average molecular weight is 786 g/mol. The SMILES string of the molecule is CCC(CC)C(=O)/C=C(\O)C(CC)CC.Cc1cc2c(s1)c(-c1[c-]c3ccccc3c(C(C)(C)C)c1)nc1cccnc12.[Ir]. The molecule has 0 spiro atoms. The van der Waals surface area contributed by atoms with E-state index in [-0.39, 0.29) is 48.9 Å². The fourth-order valence-electron chi connectivity index (χ4n) is 5.67. The quantitative estimate of drug-likeness (QED) is 0.0967. The zero-order valence-electron chi connectivity index (χ0n) is 27.2.